The molecular formula is C24H28BrN3O3. The molecule has 2 aromatic carbocycles. The Balaban J connectivity index is 1.31. The zero-order valence-electron chi connectivity index (χ0n) is 17.8. The molecule has 0 saturated carbocycles. The van der Waals surface area contributed by atoms with Gasteiger partial charge < -0.3 is 19.9 Å². The van der Waals surface area contributed by atoms with Crippen LogP contribution in [-0.4, -0.2) is 56.1 Å². The van der Waals surface area contributed by atoms with Crippen molar-refractivity contribution >= 4 is 39.1 Å². The molecule has 2 heterocycles. The Labute approximate surface area is 191 Å². The van der Waals surface area contributed by atoms with Crippen LogP contribution >= 0.6 is 15.9 Å². The smallest absolute Gasteiger partial charge is 0.253 e. The largest absolute Gasteiger partial charge is 0.378 e. The van der Waals surface area contributed by atoms with Crippen LogP contribution in [0.3, 0.4) is 0 Å². The number of hydrogen-bond acceptors (Lipinski definition) is 4. The highest BCUT2D eigenvalue weighted by molar-refractivity contribution is 9.10. The minimum Gasteiger partial charge on any atom is -0.378 e. The van der Waals surface area contributed by atoms with Gasteiger partial charge in [-0.15, -0.1) is 0 Å². The molecule has 0 atom stereocenters. The van der Waals surface area contributed by atoms with Gasteiger partial charge in [0.05, 0.1) is 13.2 Å². The second kappa shape index (κ2) is 9.83. The summed E-state index contributed by atoms with van der Waals surface area (Å²) in [5.41, 5.74) is 3.76. The van der Waals surface area contributed by atoms with Crippen molar-refractivity contribution < 1.29 is 14.3 Å². The third-order valence-electron chi connectivity index (χ3n) is 6.09. The molecule has 0 radical (unpaired) electrons. The van der Waals surface area contributed by atoms with E-state index in [1.807, 2.05) is 42.2 Å². The molecule has 2 amide bonds. The number of nitrogens with one attached hydrogen (secondary N) is 1. The zero-order valence-corrected chi connectivity index (χ0v) is 19.4. The van der Waals surface area contributed by atoms with Crippen molar-refractivity contribution in [3.63, 3.8) is 0 Å². The highest BCUT2D eigenvalue weighted by Gasteiger charge is 2.28. The first-order chi connectivity index (χ1) is 15.0. The molecule has 2 aromatic rings. The van der Waals surface area contributed by atoms with E-state index in [0.717, 1.165) is 42.0 Å². The second-order valence-corrected chi connectivity index (χ2v) is 9.08. The number of hydrogen-bond donors (Lipinski definition) is 1. The van der Waals surface area contributed by atoms with Gasteiger partial charge in [-0.1, -0.05) is 15.9 Å². The van der Waals surface area contributed by atoms with E-state index in [2.05, 4.69) is 38.3 Å². The molecule has 0 bridgehead atoms. The Hall–Kier alpha value is -2.38. The van der Waals surface area contributed by atoms with Gasteiger partial charge >= 0.3 is 0 Å². The van der Waals surface area contributed by atoms with Crippen LogP contribution in [0.1, 0.15) is 28.8 Å². The Morgan fingerprint density at radius 3 is 2.32 bits per heavy atom. The summed E-state index contributed by atoms with van der Waals surface area (Å²) in [6.45, 7) is 6.51. The van der Waals surface area contributed by atoms with Crippen molar-refractivity contribution in [1.29, 1.82) is 0 Å². The van der Waals surface area contributed by atoms with Crippen LogP contribution in [0.5, 0.6) is 0 Å². The number of anilines is 2. The molecular weight excluding hydrogens is 458 g/mol. The molecule has 0 spiro atoms. The number of carbonyl (C=O) groups is 2. The minimum atomic E-state index is -0.0766. The maximum absolute atomic E-state index is 12.8. The standard InChI is InChI=1S/C24H28BrN3O3/c1-17-16-21(27-12-14-31-15-13-27)6-7-22(17)26-23(29)18-8-10-28(11-9-18)24(30)19-2-4-20(25)5-3-19/h2-7,16,18H,8-15H2,1H3,(H,26,29). The van der Waals surface area contributed by atoms with Gasteiger partial charge in [-0.05, 0) is 67.8 Å². The molecule has 2 saturated heterocycles. The van der Waals surface area contributed by atoms with Gasteiger partial charge in [0, 0.05) is 53.5 Å². The highest BCUT2D eigenvalue weighted by Crippen LogP contribution is 2.26. The molecule has 164 valence electrons. The van der Waals surface area contributed by atoms with Gasteiger partial charge in [0.2, 0.25) is 5.91 Å². The number of carbonyl (C=O) groups excluding carboxylic acids is 2. The summed E-state index contributed by atoms with van der Waals surface area (Å²) >= 11 is 3.39. The molecule has 4 rings (SSSR count). The number of aryl methyl sites for hydroxylation is 1. The van der Waals surface area contributed by atoms with Crippen molar-refractivity contribution in [3.05, 3.63) is 58.1 Å². The van der Waals surface area contributed by atoms with E-state index in [0.29, 0.717) is 31.5 Å². The van der Waals surface area contributed by atoms with Crippen LogP contribution in [-0.2, 0) is 9.53 Å². The average Bonchev–Trinajstić information content (AvgIpc) is 2.81. The van der Waals surface area contributed by atoms with Crippen molar-refractivity contribution in [2.45, 2.75) is 19.8 Å². The van der Waals surface area contributed by atoms with Crippen LogP contribution < -0.4 is 10.2 Å². The number of likely N-dealkylation sites (tertiary alicyclic amines) is 1. The van der Waals surface area contributed by atoms with E-state index < -0.39 is 0 Å². The summed E-state index contributed by atoms with van der Waals surface area (Å²) in [5, 5.41) is 3.10. The maximum Gasteiger partial charge on any atom is 0.253 e. The Kier molecular flexibility index (Phi) is 6.92. The molecule has 31 heavy (non-hydrogen) atoms. The third-order valence-corrected chi connectivity index (χ3v) is 6.62. The van der Waals surface area contributed by atoms with E-state index in [1.165, 1.54) is 5.69 Å². The number of benzene rings is 2. The number of amides is 2. The SMILES string of the molecule is Cc1cc(N2CCOCC2)ccc1NC(=O)C1CCN(C(=O)c2ccc(Br)cc2)CC1. The van der Waals surface area contributed by atoms with Crippen LogP contribution in [0.2, 0.25) is 0 Å². The van der Waals surface area contributed by atoms with Gasteiger partial charge in [-0.3, -0.25) is 9.59 Å². The van der Waals surface area contributed by atoms with Crippen molar-refractivity contribution in [2.75, 3.05) is 49.6 Å². The molecule has 0 aromatic heterocycles. The lowest BCUT2D eigenvalue weighted by Gasteiger charge is -2.32. The normalized spacial score (nSPS) is 17.5. The molecule has 1 N–H and O–H groups in total. The summed E-state index contributed by atoms with van der Waals surface area (Å²) in [6.07, 6.45) is 1.36. The Bertz CT molecular complexity index is 934. The van der Waals surface area contributed by atoms with Crippen LogP contribution in [0.25, 0.3) is 0 Å². The predicted octanol–water partition coefficient (Wildman–Crippen LogP) is 4.09. The topological polar surface area (TPSA) is 61.9 Å². The van der Waals surface area contributed by atoms with E-state index in [4.69, 9.17) is 4.74 Å². The highest BCUT2D eigenvalue weighted by atomic mass is 79.9. The summed E-state index contributed by atoms with van der Waals surface area (Å²) in [5.74, 6) is -0.00819. The first kappa shape index (κ1) is 21.8. The Morgan fingerprint density at radius 2 is 1.68 bits per heavy atom. The fourth-order valence-corrected chi connectivity index (χ4v) is 4.43. The number of piperidine rings is 1. The molecule has 6 nitrogen and oxygen atoms in total. The molecule has 2 fully saturated rings. The number of nitrogens with zero attached hydrogens (tertiary/aromatic N) is 2. The molecule has 0 aliphatic carbocycles. The monoisotopic (exact) mass is 485 g/mol. The number of rotatable bonds is 4. The van der Waals surface area contributed by atoms with E-state index in [1.54, 1.807) is 0 Å². The first-order valence-electron chi connectivity index (χ1n) is 10.8. The summed E-state index contributed by atoms with van der Waals surface area (Å²) < 4.78 is 6.37. The van der Waals surface area contributed by atoms with E-state index in [9.17, 15) is 9.59 Å². The van der Waals surface area contributed by atoms with Crippen LogP contribution in [0.4, 0.5) is 11.4 Å². The van der Waals surface area contributed by atoms with Gasteiger partial charge in [0.15, 0.2) is 0 Å². The maximum atomic E-state index is 12.8. The summed E-state index contributed by atoms with van der Waals surface area (Å²) in [6, 6.07) is 13.6. The average molecular weight is 486 g/mol. The number of morpholine rings is 1. The van der Waals surface area contributed by atoms with Gasteiger partial charge in [-0.2, -0.15) is 0 Å². The van der Waals surface area contributed by atoms with Crippen molar-refractivity contribution in [1.82, 2.24) is 4.90 Å². The van der Waals surface area contributed by atoms with Gasteiger partial charge in [0.1, 0.15) is 0 Å². The number of halogens is 1. The van der Waals surface area contributed by atoms with Crippen LogP contribution in [0.15, 0.2) is 46.9 Å². The molecule has 7 heteroatoms. The van der Waals surface area contributed by atoms with Crippen molar-refractivity contribution in [3.8, 4) is 0 Å². The number of ether oxygens (including phenoxy) is 1. The second-order valence-electron chi connectivity index (χ2n) is 8.16. The van der Waals surface area contributed by atoms with Crippen LogP contribution in [0, 0.1) is 12.8 Å². The fraction of sp³-hybridized carbons (Fsp3) is 0.417. The fourth-order valence-electron chi connectivity index (χ4n) is 4.16. The Morgan fingerprint density at radius 1 is 1.00 bits per heavy atom. The lowest BCUT2D eigenvalue weighted by atomic mass is 9.95. The van der Waals surface area contributed by atoms with Gasteiger partial charge in [-0.25, -0.2) is 0 Å². The van der Waals surface area contributed by atoms with Gasteiger partial charge in [0.25, 0.3) is 5.91 Å². The van der Waals surface area contributed by atoms with E-state index >= 15 is 0 Å². The molecule has 2 aliphatic heterocycles. The molecule has 0 unspecified atom stereocenters. The lowest BCUT2D eigenvalue weighted by Crippen LogP contribution is -2.41. The molecule has 2 aliphatic rings. The zero-order chi connectivity index (χ0) is 21.8. The minimum absolute atomic E-state index is 0.0286. The third kappa shape index (κ3) is 5.28. The lowest BCUT2D eigenvalue weighted by molar-refractivity contribution is -0.121. The first-order valence-corrected chi connectivity index (χ1v) is 11.6. The quantitative estimate of drug-likeness (QED) is 0.708. The van der Waals surface area contributed by atoms with E-state index in [-0.39, 0.29) is 17.7 Å². The summed E-state index contributed by atoms with van der Waals surface area (Å²) in [7, 11) is 0. The van der Waals surface area contributed by atoms with Crippen molar-refractivity contribution in [2.24, 2.45) is 5.92 Å². The predicted molar refractivity (Wildman–Crippen MR) is 126 cm³/mol. The summed E-state index contributed by atoms with van der Waals surface area (Å²) in [4.78, 5) is 29.7.